The number of carbonyl (C=O) groups is 1. The lowest BCUT2D eigenvalue weighted by atomic mass is 10.3. The van der Waals surface area contributed by atoms with Crippen molar-refractivity contribution in [2.45, 2.75) is 0 Å². The average Bonchev–Trinajstić information content (AvgIpc) is 2.10. The summed E-state index contributed by atoms with van der Waals surface area (Å²) in [6, 6.07) is 4.35. The Morgan fingerprint density at radius 2 is 2.20 bits per heavy atom. The SMILES string of the molecule is CN(C)CC(=O)Nc1ccc(F)c(Br)c1. The smallest absolute Gasteiger partial charge is 0.238 e. The minimum Gasteiger partial charge on any atom is -0.325 e. The summed E-state index contributed by atoms with van der Waals surface area (Å²) < 4.78 is 13.2. The first-order valence-corrected chi connectivity index (χ1v) is 5.18. The lowest BCUT2D eigenvalue weighted by Crippen LogP contribution is -2.27. The van der Waals surface area contributed by atoms with E-state index in [1.54, 1.807) is 19.0 Å². The molecule has 0 spiro atoms. The third-order valence-corrected chi connectivity index (χ3v) is 2.27. The second kappa shape index (κ2) is 5.23. The van der Waals surface area contributed by atoms with Crippen molar-refractivity contribution in [2.24, 2.45) is 0 Å². The maximum atomic E-state index is 12.9. The molecule has 0 unspecified atom stereocenters. The van der Waals surface area contributed by atoms with Crippen molar-refractivity contribution < 1.29 is 9.18 Å². The summed E-state index contributed by atoms with van der Waals surface area (Å²) in [6.45, 7) is 0.301. The zero-order valence-corrected chi connectivity index (χ0v) is 10.1. The highest BCUT2D eigenvalue weighted by Crippen LogP contribution is 2.19. The third kappa shape index (κ3) is 3.97. The van der Waals surface area contributed by atoms with E-state index >= 15 is 0 Å². The highest BCUT2D eigenvalue weighted by molar-refractivity contribution is 9.10. The summed E-state index contributed by atoms with van der Waals surface area (Å²) in [5.41, 5.74) is 0.579. The zero-order chi connectivity index (χ0) is 11.4. The maximum absolute atomic E-state index is 12.9. The fourth-order valence-corrected chi connectivity index (χ4v) is 1.44. The predicted molar refractivity (Wildman–Crippen MR) is 61.3 cm³/mol. The number of hydrogen-bond donors (Lipinski definition) is 1. The molecule has 0 radical (unpaired) electrons. The number of likely N-dealkylation sites (N-methyl/N-ethyl adjacent to an activating group) is 1. The third-order valence-electron chi connectivity index (χ3n) is 1.66. The van der Waals surface area contributed by atoms with Crippen molar-refractivity contribution in [1.82, 2.24) is 4.90 Å². The van der Waals surface area contributed by atoms with Gasteiger partial charge < -0.3 is 10.2 Å². The van der Waals surface area contributed by atoms with Crippen molar-refractivity contribution in [2.75, 3.05) is 26.0 Å². The van der Waals surface area contributed by atoms with Gasteiger partial charge in [-0.3, -0.25) is 4.79 Å². The molecule has 3 nitrogen and oxygen atoms in total. The highest BCUT2D eigenvalue weighted by Gasteiger charge is 2.05. The molecule has 1 aromatic carbocycles. The van der Waals surface area contributed by atoms with Crippen LogP contribution in [0.3, 0.4) is 0 Å². The predicted octanol–water partition coefficient (Wildman–Crippen LogP) is 2.09. The van der Waals surface area contributed by atoms with Gasteiger partial charge in [0, 0.05) is 5.69 Å². The van der Waals surface area contributed by atoms with E-state index in [1.165, 1.54) is 18.2 Å². The molecule has 1 aromatic rings. The van der Waals surface area contributed by atoms with Crippen LogP contribution in [-0.2, 0) is 4.79 Å². The second-order valence-electron chi connectivity index (χ2n) is 3.41. The van der Waals surface area contributed by atoms with Gasteiger partial charge in [-0.05, 0) is 48.2 Å². The molecule has 0 bridgehead atoms. The summed E-state index contributed by atoms with van der Waals surface area (Å²) in [7, 11) is 3.61. The number of carbonyl (C=O) groups excluding carboxylic acids is 1. The molecular formula is C10H12BrFN2O. The van der Waals surface area contributed by atoms with Crippen LogP contribution in [0.2, 0.25) is 0 Å². The van der Waals surface area contributed by atoms with E-state index in [4.69, 9.17) is 0 Å². The number of anilines is 1. The number of hydrogen-bond acceptors (Lipinski definition) is 2. The lowest BCUT2D eigenvalue weighted by Gasteiger charge is -2.10. The number of amides is 1. The van der Waals surface area contributed by atoms with E-state index in [1.807, 2.05) is 0 Å². The molecule has 1 N–H and O–H groups in total. The van der Waals surface area contributed by atoms with Gasteiger partial charge in [0.05, 0.1) is 11.0 Å². The molecule has 82 valence electrons. The molecule has 0 aliphatic rings. The maximum Gasteiger partial charge on any atom is 0.238 e. The number of benzene rings is 1. The van der Waals surface area contributed by atoms with Gasteiger partial charge in [0.25, 0.3) is 0 Å². The van der Waals surface area contributed by atoms with E-state index < -0.39 is 0 Å². The fourth-order valence-electron chi connectivity index (χ4n) is 1.06. The van der Waals surface area contributed by atoms with Crippen LogP contribution in [0.5, 0.6) is 0 Å². The van der Waals surface area contributed by atoms with Crippen LogP contribution in [0, 0.1) is 5.82 Å². The minimum absolute atomic E-state index is 0.126. The molecule has 15 heavy (non-hydrogen) atoms. The normalized spacial score (nSPS) is 10.5. The Morgan fingerprint density at radius 1 is 1.53 bits per heavy atom. The summed E-state index contributed by atoms with van der Waals surface area (Å²) in [5, 5.41) is 2.66. The van der Waals surface area contributed by atoms with E-state index in [9.17, 15) is 9.18 Å². The monoisotopic (exact) mass is 274 g/mol. The Balaban J connectivity index is 2.65. The van der Waals surface area contributed by atoms with Crippen LogP contribution in [0.15, 0.2) is 22.7 Å². The number of rotatable bonds is 3. The second-order valence-corrected chi connectivity index (χ2v) is 4.27. The minimum atomic E-state index is -0.347. The van der Waals surface area contributed by atoms with Crippen LogP contribution in [0.1, 0.15) is 0 Å². The van der Waals surface area contributed by atoms with Gasteiger partial charge in [0.1, 0.15) is 5.82 Å². The van der Waals surface area contributed by atoms with E-state index in [0.717, 1.165) is 0 Å². The molecule has 0 fully saturated rings. The van der Waals surface area contributed by atoms with Gasteiger partial charge in [0.2, 0.25) is 5.91 Å². The van der Waals surface area contributed by atoms with E-state index in [-0.39, 0.29) is 11.7 Å². The Morgan fingerprint density at radius 3 is 2.73 bits per heavy atom. The molecule has 0 heterocycles. The van der Waals surface area contributed by atoms with Crippen LogP contribution in [-0.4, -0.2) is 31.4 Å². The molecular weight excluding hydrogens is 263 g/mol. The van der Waals surface area contributed by atoms with Crippen molar-refractivity contribution in [1.29, 1.82) is 0 Å². The van der Waals surface area contributed by atoms with Crippen LogP contribution < -0.4 is 5.32 Å². The topological polar surface area (TPSA) is 32.3 Å². The largest absolute Gasteiger partial charge is 0.325 e. The van der Waals surface area contributed by atoms with Crippen LogP contribution >= 0.6 is 15.9 Å². The van der Waals surface area contributed by atoms with Crippen molar-refractivity contribution in [3.05, 3.63) is 28.5 Å². The average molecular weight is 275 g/mol. The molecule has 5 heteroatoms. The van der Waals surface area contributed by atoms with Gasteiger partial charge in [-0.15, -0.1) is 0 Å². The first-order valence-electron chi connectivity index (χ1n) is 4.38. The Kier molecular flexibility index (Phi) is 4.23. The molecule has 0 saturated carbocycles. The fraction of sp³-hybridized carbons (Fsp3) is 0.300. The molecule has 0 saturated heterocycles. The van der Waals surface area contributed by atoms with E-state index in [0.29, 0.717) is 16.7 Å². The zero-order valence-electron chi connectivity index (χ0n) is 8.55. The molecule has 0 aromatic heterocycles. The molecule has 1 rings (SSSR count). The standard InChI is InChI=1S/C10H12BrFN2O/c1-14(2)6-10(15)13-7-3-4-9(12)8(11)5-7/h3-5H,6H2,1-2H3,(H,13,15). The van der Waals surface area contributed by atoms with Crippen LogP contribution in [0.25, 0.3) is 0 Å². The molecule has 0 aliphatic carbocycles. The Hall–Kier alpha value is -0.940. The van der Waals surface area contributed by atoms with Crippen molar-refractivity contribution in [3.8, 4) is 0 Å². The summed E-state index contributed by atoms with van der Waals surface area (Å²) in [5.74, 6) is -0.473. The van der Waals surface area contributed by atoms with Gasteiger partial charge in [0.15, 0.2) is 0 Å². The number of nitrogens with one attached hydrogen (secondary N) is 1. The highest BCUT2D eigenvalue weighted by atomic mass is 79.9. The quantitative estimate of drug-likeness (QED) is 0.916. The summed E-state index contributed by atoms with van der Waals surface area (Å²) in [6.07, 6.45) is 0. The van der Waals surface area contributed by atoms with Crippen LogP contribution in [0.4, 0.5) is 10.1 Å². The van der Waals surface area contributed by atoms with Gasteiger partial charge >= 0.3 is 0 Å². The van der Waals surface area contributed by atoms with E-state index in [2.05, 4.69) is 21.2 Å². The molecule has 0 atom stereocenters. The van der Waals surface area contributed by atoms with Crippen molar-refractivity contribution in [3.63, 3.8) is 0 Å². The lowest BCUT2D eigenvalue weighted by molar-refractivity contribution is -0.116. The van der Waals surface area contributed by atoms with Gasteiger partial charge in [-0.2, -0.15) is 0 Å². The Labute approximate surface area is 96.4 Å². The Bertz CT molecular complexity index is 368. The van der Waals surface area contributed by atoms with Gasteiger partial charge in [-0.25, -0.2) is 4.39 Å². The first-order chi connectivity index (χ1) is 6.99. The van der Waals surface area contributed by atoms with Crippen molar-refractivity contribution >= 4 is 27.5 Å². The van der Waals surface area contributed by atoms with Gasteiger partial charge in [-0.1, -0.05) is 0 Å². The summed E-state index contributed by atoms with van der Waals surface area (Å²) >= 11 is 3.05. The molecule has 1 amide bonds. The summed E-state index contributed by atoms with van der Waals surface area (Å²) in [4.78, 5) is 13.1. The number of nitrogens with zero attached hydrogens (tertiary/aromatic N) is 1. The first kappa shape index (κ1) is 12.1. The molecule has 0 aliphatic heterocycles. The number of halogens is 2.